The van der Waals surface area contributed by atoms with E-state index in [0.717, 1.165) is 16.8 Å². The van der Waals surface area contributed by atoms with Crippen molar-refractivity contribution in [3.05, 3.63) is 71.9 Å². The summed E-state index contributed by atoms with van der Waals surface area (Å²) in [7, 11) is 3.95. The van der Waals surface area contributed by atoms with Crippen LogP contribution < -0.4 is 10.2 Å². The number of anilines is 2. The van der Waals surface area contributed by atoms with Crippen LogP contribution in [0.25, 0.3) is 11.4 Å². The highest BCUT2D eigenvalue weighted by molar-refractivity contribution is 5.90. The van der Waals surface area contributed by atoms with E-state index in [-0.39, 0.29) is 11.7 Å². The Labute approximate surface area is 156 Å². The first-order valence-electron chi connectivity index (χ1n) is 8.54. The quantitative estimate of drug-likeness (QED) is 0.743. The van der Waals surface area contributed by atoms with Crippen LogP contribution >= 0.6 is 0 Å². The number of carbonyl (C=O) groups is 1. The van der Waals surface area contributed by atoms with Gasteiger partial charge in [-0.05, 0) is 23.8 Å². The fraction of sp³-hybridized carbons (Fsp3) is 0.150. The molecule has 4 rings (SSSR count). The van der Waals surface area contributed by atoms with Gasteiger partial charge < -0.3 is 15.3 Å². The molecule has 0 amide bonds. The van der Waals surface area contributed by atoms with Gasteiger partial charge in [-0.25, -0.2) is 9.48 Å². The summed E-state index contributed by atoms with van der Waals surface area (Å²) < 4.78 is 1.72. The Bertz CT molecular complexity index is 1010. The van der Waals surface area contributed by atoms with Gasteiger partial charge in [-0.2, -0.15) is 4.98 Å². The number of carboxylic acid groups (broad SMARTS) is 1. The van der Waals surface area contributed by atoms with Gasteiger partial charge in [0.25, 0.3) is 0 Å². The van der Waals surface area contributed by atoms with Crippen LogP contribution in [0.2, 0.25) is 0 Å². The first-order chi connectivity index (χ1) is 13.0. The van der Waals surface area contributed by atoms with Gasteiger partial charge in [0.1, 0.15) is 11.7 Å². The second kappa shape index (κ2) is 6.60. The lowest BCUT2D eigenvalue weighted by Gasteiger charge is -2.23. The molecule has 7 heteroatoms. The molecular weight excluding hydrogens is 342 g/mol. The Morgan fingerprint density at radius 1 is 1.11 bits per heavy atom. The third kappa shape index (κ3) is 3.15. The summed E-state index contributed by atoms with van der Waals surface area (Å²) in [5.74, 6) is -0.0658. The third-order valence-corrected chi connectivity index (χ3v) is 4.48. The SMILES string of the molecule is CN(C)c1ccc(C2C=C(C(=O)O)Nc3nc(-c4ccccc4)nn32)cc1. The number of hydrogen-bond donors (Lipinski definition) is 2. The minimum absolute atomic E-state index is 0.0937. The lowest BCUT2D eigenvalue weighted by atomic mass is 10.0. The van der Waals surface area contributed by atoms with Crippen molar-refractivity contribution < 1.29 is 9.90 Å². The molecule has 0 radical (unpaired) electrons. The Morgan fingerprint density at radius 3 is 2.44 bits per heavy atom. The fourth-order valence-electron chi connectivity index (χ4n) is 3.03. The van der Waals surface area contributed by atoms with Crippen LogP contribution in [-0.2, 0) is 4.79 Å². The zero-order chi connectivity index (χ0) is 19.0. The Morgan fingerprint density at radius 2 is 1.81 bits per heavy atom. The van der Waals surface area contributed by atoms with Crippen molar-refractivity contribution in [2.75, 3.05) is 24.3 Å². The largest absolute Gasteiger partial charge is 0.477 e. The molecule has 136 valence electrons. The molecule has 0 spiro atoms. The number of fused-ring (bicyclic) bond motifs is 1. The molecule has 0 bridgehead atoms. The highest BCUT2D eigenvalue weighted by atomic mass is 16.4. The van der Waals surface area contributed by atoms with E-state index in [4.69, 9.17) is 0 Å². The van der Waals surface area contributed by atoms with Crippen molar-refractivity contribution >= 4 is 17.6 Å². The maximum atomic E-state index is 11.6. The van der Waals surface area contributed by atoms with Crippen molar-refractivity contribution in [1.82, 2.24) is 14.8 Å². The number of hydrogen-bond acceptors (Lipinski definition) is 5. The van der Waals surface area contributed by atoms with E-state index in [9.17, 15) is 9.90 Å². The van der Waals surface area contributed by atoms with E-state index in [1.165, 1.54) is 0 Å². The Kier molecular flexibility index (Phi) is 4.12. The molecule has 1 unspecified atom stereocenters. The van der Waals surface area contributed by atoms with Gasteiger partial charge in [0.2, 0.25) is 5.95 Å². The molecule has 0 fully saturated rings. The van der Waals surface area contributed by atoms with Gasteiger partial charge >= 0.3 is 5.97 Å². The number of aromatic nitrogens is 3. The molecule has 3 aromatic rings. The summed E-state index contributed by atoms with van der Waals surface area (Å²) in [6.07, 6.45) is 1.66. The molecule has 1 atom stereocenters. The monoisotopic (exact) mass is 361 g/mol. The zero-order valence-electron chi connectivity index (χ0n) is 15.0. The van der Waals surface area contributed by atoms with Crippen molar-refractivity contribution in [3.63, 3.8) is 0 Å². The van der Waals surface area contributed by atoms with Crippen LogP contribution in [0.1, 0.15) is 11.6 Å². The second-order valence-electron chi connectivity index (χ2n) is 6.51. The summed E-state index contributed by atoms with van der Waals surface area (Å²) >= 11 is 0. The number of allylic oxidation sites excluding steroid dienone is 1. The minimum atomic E-state index is -1.03. The summed E-state index contributed by atoms with van der Waals surface area (Å²) in [5.41, 5.74) is 2.97. The zero-order valence-corrected chi connectivity index (χ0v) is 15.0. The lowest BCUT2D eigenvalue weighted by molar-refractivity contribution is -0.132. The van der Waals surface area contributed by atoms with Crippen LogP contribution in [0.4, 0.5) is 11.6 Å². The predicted molar refractivity (Wildman–Crippen MR) is 104 cm³/mol. The normalized spacial score (nSPS) is 15.5. The molecule has 2 heterocycles. The summed E-state index contributed by atoms with van der Waals surface area (Å²) in [6, 6.07) is 17.2. The molecule has 27 heavy (non-hydrogen) atoms. The molecule has 2 N–H and O–H groups in total. The van der Waals surface area contributed by atoms with Gasteiger partial charge in [0.05, 0.1) is 0 Å². The number of nitrogens with one attached hydrogen (secondary N) is 1. The average Bonchev–Trinajstić information content (AvgIpc) is 3.12. The second-order valence-corrected chi connectivity index (χ2v) is 6.51. The third-order valence-electron chi connectivity index (χ3n) is 4.48. The standard InChI is InChI=1S/C20H19N5O2/c1-24(2)15-10-8-13(9-11-15)17-12-16(19(26)27)21-20-22-18(23-25(17)20)14-6-4-3-5-7-14/h3-12,17H,1-2H3,(H,26,27)(H,21,22,23). The van der Waals surface area contributed by atoms with Crippen LogP contribution in [0.15, 0.2) is 66.4 Å². The van der Waals surface area contributed by atoms with E-state index in [0.29, 0.717) is 11.8 Å². The van der Waals surface area contributed by atoms with Crippen molar-refractivity contribution in [2.45, 2.75) is 6.04 Å². The maximum Gasteiger partial charge on any atom is 0.352 e. The highest BCUT2D eigenvalue weighted by Gasteiger charge is 2.27. The molecule has 7 nitrogen and oxygen atoms in total. The van der Waals surface area contributed by atoms with Crippen molar-refractivity contribution in [1.29, 1.82) is 0 Å². The summed E-state index contributed by atoms with van der Waals surface area (Å²) in [4.78, 5) is 18.1. The van der Waals surface area contributed by atoms with Gasteiger partial charge in [-0.1, -0.05) is 42.5 Å². The summed E-state index contributed by atoms with van der Waals surface area (Å²) in [5, 5.41) is 17.0. The predicted octanol–water partition coefficient (Wildman–Crippen LogP) is 2.99. The van der Waals surface area contributed by atoms with E-state index < -0.39 is 5.97 Å². The number of aliphatic carboxylic acids is 1. The van der Waals surface area contributed by atoms with Gasteiger partial charge in [-0.15, -0.1) is 5.10 Å². The van der Waals surface area contributed by atoms with E-state index >= 15 is 0 Å². The summed E-state index contributed by atoms with van der Waals surface area (Å²) in [6.45, 7) is 0. The van der Waals surface area contributed by atoms with Crippen LogP contribution in [0.5, 0.6) is 0 Å². The first kappa shape index (κ1) is 16.8. The molecule has 1 aliphatic rings. The molecule has 0 saturated carbocycles. The van der Waals surface area contributed by atoms with E-state index in [2.05, 4.69) is 15.4 Å². The van der Waals surface area contributed by atoms with Crippen molar-refractivity contribution in [3.8, 4) is 11.4 Å². The smallest absolute Gasteiger partial charge is 0.352 e. The topological polar surface area (TPSA) is 83.3 Å². The fourth-order valence-corrected chi connectivity index (χ4v) is 3.03. The highest BCUT2D eigenvalue weighted by Crippen LogP contribution is 2.31. The average molecular weight is 361 g/mol. The van der Waals surface area contributed by atoms with Crippen molar-refractivity contribution in [2.24, 2.45) is 0 Å². The Balaban J connectivity index is 1.79. The first-order valence-corrected chi connectivity index (χ1v) is 8.54. The number of benzene rings is 2. The van der Waals surface area contributed by atoms with E-state index in [1.807, 2.05) is 73.6 Å². The van der Waals surface area contributed by atoms with Gasteiger partial charge in [0.15, 0.2) is 5.82 Å². The number of carboxylic acids is 1. The van der Waals surface area contributed by atoms with Gasteiger partial charge in [0, 0.05) is 25.3 Å². The maximum absolute atomic E-state index is 11.6. The molecular formula is C20H19N5O2. The lowest BCUT2D eigenvalue weighted by Crippen LogP contribution is -2.24. The number of nitrogens with zero attached hydrogens (tertiary/aromatic N) is 4. The van der Waals surface area contributed by atoms with E-state index in [1.54, 1.807) is 10.8 Å². The number of rotatable bonds is 4. The van der Waals surface area contributed by atoms with Crippen LogP contribution in [0.3, 0.4) is 0 Å². The molecule has 0 saturated heterocycles. The molecule has 2 aromatic carbocycles. The van der Waals surface area contributed by atoms with Crippen LogP contribution in [0, 0.1) is 0 Å². The molecule has 1 aromatic heterocycles. The molecule has 0 aliphatic carbocycles. The van der Waals surface area contributed by atoms with Gasteiger partial charge in [-0.3, -0.25) is 0 Å². The Hall–Kier alpha value is -3.61. The molecule has 1 aliphatic heterocycles. The minimum Gasteiger partial charge on any atom is -0.477 e. The van der Waals surface area contributed by atoms with Crippen LogP contribution in [-0.4, -0.2) is 39.9 Å².